The highest BCUT2D eigenvalue weighted by Gasteiger charge is 2.15. The van der Waals surface area contributed by atoms with Gasteiger partial charge in [0.15, 0.2) is 0 Å². The molecule has 6 rings (SSSR count). The Morgan fingerprint density at radius 2 is 1.67 bits per heavy atom. The molecule has 0 radical (unpaired) electrons. The van der Waals surface area contributed by atoms with Crippen molar-refractivity contribution in [2.45, 2.75) is 20.5 Å². The number of aryl methyl sites for hydroxylation is 2. The molecule has 0 saturated heterocycles. The number of ether oxygens (including phenoxy) is 1. The van der Waals surface area contributed by atoms with Crippen LogP contribution in [0.3, 0.4) is 0 Å². The first-order valence-electron chi connectivity index (χ1n) is 12.3. The Morgan fingerprint density at radius 3 is 2.41 bits per heavy atom. The van der Waals surface area contributed by atoms with Gasteiger partial charge in [-0.2, -0.15) is 19.7 Å². The van der Waals surface area contributed by atoms with Crippen molar-refractivity contribution in [1.29, 1.82) is 0 Å². The number of hydrogen-bond acceptors (Lipinski definition) is 7. The first-order valence-corrected chi connectivity index (χ1v) is 13.1. The van der Waals surface area contributed by atoms with Crippen molar-refractivity contribution >= 4 is 22.4 Å². The van der Waals surface area contributed by atoms with Crippen LogP contribution in [0, 0.1) is 13.8 Å². The lowest BCUT2D eigenvalue weighted by atomic mass is 10.0. The largest absolute Gasteiger partial charge is 0.489 e. The maximum absolute atomic E-state index is 13.1. The zero-order chi connectivity index (χ0) is 26.9. The highest BCUT2D eigenvalue weighted by Crippen LogP contribution is 2.29. The van der Waals surface area contributed by atoms with Crippen LogP contribution in [-0.2, 0) is 6.61 Å². The summed E-state index contributed by atoms with van der Waals surface area (Å²) in [5.74, 6) is 0.791. The number of benzene rings is 3. The number of aromatic nitrogens is 5. The molecule has 0 saturated carbocycles. The first-order chi connectivity index (χ1) is 19.0. The van der Waals surface area contributed by atoms with Crippen LogP contribution in [0.25, 0.3) is 28.0 Å². The summed E-state index contributed by atoms with van der Waals surface area (Å²) in [6.45, 7) is 4.02. The molecule has 0 amide bonds. The summed E-state index contributed by atoms with van der Waals surface area (Å²) in [7, 11) is 0. The van der Waals surface area contributed by atoms with E-state index in [0.29, 0.717) is 16.8 Å². The Labute approximate surface area is 227 Å². The maximum Gasteiger partial charge on any atom is 0.295 e. The van der Waals surface area contributed by atoms with Crippen LogP contribution in [0.15, 0.2) is 94.6 Å². The Morgan fingerprint density at radius 1 is 0.923 bits per heavy atom. The maximum atomic E-state index is 13.1. The van der Waals surface area contributed by atoms with Crippen molar-refractivity contribution in [2.24, 2.45) is 0 Å². The summed E-state index contributed by atoms with van der Waals surface area (Å²) >= 11 is 1.12. The summed E-state index contributed by atoms with van der Waals surface area (Å²) in [5, 5.41) is 9.00. The van der Waals surface area contributed by atoms with Gasteiger partial charge in [0, 0.05) is 17.3 Å². The van der Waals surface area contributed by atoms with E-state index in [1.807, 2.05) is 92.0 Å². The highest BCUT2D eigenvalue weighted by molar-refractivity contribution is 7.15. The Bertz CT molecular complexity index is 1980. The molecule has 0 aliphatic heterocycles. The minimum absolute atomic E-state index is 0.177. The van der Waals surface area contributed by atoms with Gasteiger partial charge < -0.3 is 4.74 Å². The molecule has 8 nitrogen and oxygen atoms in total. The quantitative estimate of drug-likeness (QED) is 0.320. The van der Waals surface area contributed by atoms with Gasteiger partial charge in [0.1, 0.15) is 23.7 Å². The highest BCUT2D eigenvalue weighted by atomic mass is 32.1. The molecule has 192 valence electrons. The molecule has 0 atom stereocenters. The molecule has 3 heterocycles. The van der Waals surface area contributed by atoms with E-state index in [1.54, 1.807) is 17.7 Å². The molecule has 39 heavy (non-hydrogen) atoms. The van der Waals surface area contributed by atoms with Gasteiger partial charge in [-0.25, -0.2) is 4.68 Å². The second-order valence-electron chi connectivity index (χ2n) is 9.08. The number of para-hydroxylation sites is 1. The molecule has 3 aromatic heterocycles. The fourth-order valence-corrected chi connectivity index (χ4v) is 5.15. The van der Waals surface area contributed by atoms with Gasteiger partial charge in [0.25, 0.3) is 11.1 Å². The van der Waals surface area contributed by atoms with Crippen molar-refractivity contribution in [3.8, 4) is 22.7 Å². The fourth-order valence-electron chi connectivity index (χ4n) is 4.25. The molecule has 3 aromatic carbocycles. The molecule has 0 bridgehead atoms. The standard InChI is InChI=1S/C30H23N5O3S/c1-19-15-22(13-14-25(19)38-18-21-9-5-3-6-10-21)27-23(17-34(33-27)24-11-7-4-8-12-24)16-26-29(37)35-30(39-26)31-28(36)20(2)32-35/h3-17H,18H2,1-2H3. The topological polar surface area (TPSA) is 91.4 Å². The molecule has 0 fully saturated rings. The predicted molar refractivity (Wildman–Crippen MR) is 151 cm³/mol. The third-order valence-corrected chi connectivity index (χ3v) is 7.24. The SMILES string of the molecule is Cc1cc(-c2nn(-c3ccccc3)cc2C=c2sc3nc(=O)c(C)nn3c2=O)ccc1OCc1ccccc1. The average molecular weight is 534 g/mol. The van der Waals surface area contributed by atoms with Crippen LogP contribution in [0.1, 0.15) is 22.4 Å². The van der Waals surface area contributed by atoms with Crippen molar-refractivity contribution in [3.63, 3.8) is 0 Å². The monoisotopic (exact) mass is 533 g/mol. The third-order valence-electron chi connectivity index (χ3n) is 6.28. The van der Waals surface area contributed by atoms with Crippen LogP contribution in [-0.4, -0.2) is 24.4 Å². The predicted octanol–water partition coefficient (Wildman–Crippen LogP) is 4.11. The summed E-state index contributed by atoms with van der Waals surface area (Å²) in [6.07, 6.45) is 3.67. The van der Waals surface area contributed by atoms with Crippen molar-refractivity contribution in [3.05, 3.63) is 133 Å². The first kappa shape index (κ1) is 24.4. The number of fused-ring (bicyclic) bond motifs is 1. The second-order valence-corrected chi connectivity index (χ2v) is 10.1. The normalized spacial score (nSPS) is 11.8. The van der Waals surface area contributed by atoms with Gasteiger partial charge in [0.05, 0.1) is 10.2 Å². The van der Waals surface area contributed by atoms with E-state index in [2.05, 4.69) is 10.1 Å². The Balaban J connectivity index is 1.44. The van der Waals surface area contributed by atoms with E-state index in [0.717, 1.165) is 45.0 Å². The molecule has 0 aliphatic rings. The van der Waals surface area contributed by atoms with Crippen LogP contribution in [0.2, 0.25) is 0 Å². The van der Waals surface area contributed by atoms with E-state index < -0.39 is 5.56 Å². The van der Waals surface area contributed by atoms with Gasteiger partial charge in [-0.1, -0.05) is 59.9 Å². The Kier molecular flexibility index (Phi) is 6.34. The van der Waals surface area contributed by atoms with Crippen molar-refractivity contribution < 1.29 is 4.74 Å². The van der Waals surface area contributed by atoms with Gasteiger partial charge >= 0.3 is 0 Å². The van der Waals surface area contributed by atoms with Crippen molar-refractivity contribution in [1.82, 2.24) is 24.4 Å². The van der Waals surface area contributed by atoms with E-state index in [1.165, 1.54) is 4.52 Å². The van der Waals surface area contributed by atoms with Crippen LogP contribution >= 0.6 is 11.3 Å². The van der Waals surface area contributed by atoms with Gasteiger partial charge in [-0.05, 0) is 61.4 Å². The molecule has 9 heteroatoms. The summed E-state index contributed by atoms with van der Waals surface area (Å²) < 4.78 is 9.45. The summed E-state index contributed by atoms with van der Waals surface area (Å²) in [4.78, 5) is 29.3. The van der Waals surface area contributed by atoms with E-state index >= 15 is 0 Å². The molecule has 0 aliphatic carbocycles. The number of hydrogen-bond donors (Lipinski definition) is 0. The zero-order valence-electron chi connectivity index (χ0n) is 21.2. The smallest absolute Gasteiger partial charge is 0.295 e. The number of nitrogens with zero attached hydrogens (tertiary/aromatic N) is 5. The molecule has 6 aromatic rings. The Hall–Kier alpha value is -4.89. The van der Waals surface area contributed by atoms with Gasteiger partial charge in [-0.3, -0.25) is 9.59 Å². The number of rotatable bonds is 6. The van der Waals surface area contributed by atoms with Gasteiger partial charge in [0.2, 0.25) is 4.96 Å². The molecular formula is C30H23N5O3S. The molecular weight excluding hydrogens is 510 g/mol. The van der Waals surface area contributed by atoms with Crippen LogP contribution in [0.5, 0.6) is 5.75 Å². The third kappa shape index (κ3) is 4.87. The van der Waals surface area contributed by atoms with E-state index in [-0.39, 0.29) is 16.2 Å². The average Bonchev–Trinajstić information content (AvgIpc) is 3.50. The minimum atomic E-state index is -0.439. The molecule has 0 spiro atoms. The summed E-state index contributed by atoms with van der Waals surface area (Å²) in [6, 6.07) is 25.7. The van der Waals surface area contributed by atoms with Crippen LogP contribution < -0.4 is 20.4 Å². The summed E-state index contributed by atoms with van der Waals surface area (Å²) in [5.41, 5.74) is 4.71. The lowest BCUT2D eigenvalue weighted by molar-refractivity contribution is 0.304. The van der Waals surface area contributed by atoms with Crippen molar-refractivity contribution in [2.75, 3.05) is 0 Å². The molecule has 0 unspecified atom stereocenters. The molecule has 0 N–H and O–H groups in total. The lowest BCUT2D eigenvalue weighted by Gasteiger charge is -2.10. The van der Waals surface area contributed by atoms with Crippen LogP contribution in [0.4, 0.5) is 0 Å². The van der Waals surface area contributed by atoms with Gasteiger partial charge in [-0.15, -0.1) is 0 Å². The lowest BCUT2D eigenvalue weighted by Crippen LogP contribution is -2.27. The zero-order valence-corrected chi connectivity index (χ0v) is 22.1. The minimum Gasteiger partial charge on any atom is -0.489 e. The van der Waals surface area contributed by atoms with E-state index in [9.17, 15) is 9.59 Å². The number of thiazole rings is 1. The second kappa shape index (κ2) is 10.1. The van der Waals surface area contributed by atoms with E-state index in [4.69, 9.17) is 9.84 Å². The fraction of sp³-hybridized carbons (Fsp3) is 0.100.